The Labute approximate surface area is 130 Å². The molecule has 0 saturated carbocycles. The number of nitrogens with zero attached hydrogens (tertiary/aromatic N) is 4. The number of ether oxygens (including phenoxy) is 1. The van der Waals surface area contributed by atoms with Gasteiger partial charge in [-0.15, -0.1) is 0 Å². The molecular weight excluding hydrogens is 284 g/mol. The number of likely N-dealkylation sites (N-methyl/N-ethyl adjacent to an activating group) is 1. The molecule has 3 rings (SSSR count). The second-order valence-corrected chi connectivity index (χ2v) is 6.15. The summed E-state index contributed by atoms with van der Waals surface area (Å²) in [7, 11) is 2.09. The van der Waals surface area contributed by atoms with E-state index in [1.165, 1.54) is 0 Å². The number of carbonyl (C=O) groups excluding carboxylic acids is 1. The van der Waals surface area contributed by atoms with E-state index < -0.39 is 0 Å². The standard InChI is InChI=1S/C15H24N4O3/c1-12-10-19(4-3-17(12)2)15(20)14-9-13(22-16-14)11-18-5-7-21-8-6-18/h9,12H,3-8,10-11H2,1-2H3/t12-/m1/s1. The van der Waals surface area contributed by atoms with Crippen LogP contribution in [0, 0.1) is 0 Å². The summed E-state index contributed by atoms with van der Waals surface area (Å²) in [6.45, 7) is 8.46. The molecule has 2 aliphatic rings. The predicted molar refractivity (Wildman–Crippen MR) is 80.6 cm³/mol. The molecule has 0 radical (unpaired) electrons. The van der Waals surface area contributed by atoms with Crippen LogP contribution in [0.3, 0.4) is 0 Å². The Morgan fingerprint density at radius 1 is 1.32 bits per heavy atom. The highest BCUT2D eigenvalue weighted by molar-refractivity contribution is 5.92. The van der Waals surface area contributed by atoms with Gasteiger partial charge in [-0.3, -0.25) is 9.69 Å². The molecule has 0 N–H and O–H groups in total. The lowest BCUT2D eigenvalue weighted by atomic mass is 10.2. The maximum absolute atomic E-state index is 12.5. The molecule has 2 aliphatic heterocycles. The van der Waals surface area contributed by atoms with Gasteiger partial charge in [0.1, 0.15) is 0 Å². The summed E-state index contributed by atoms with van der Waals surface area (Å²) in [4.78, 5) is 18.9. The van der Waals surface area contributed by atoms with Crippen molar-refractivity contribution in [3.8, 4) is 0 Å². The average Bonchev–Trinajstić information content (AvgIpc) is 2.99. The highest BCUT2D eigenvalue weighted by Crippen LogP contribution is 2.14. The van der Waals surface area contributed by atoms with Crippen LogP contribution in [0.2, 0.25) is 0 Å². The van der Waals surface area contributed by atoms with E-state index in [1.807, 2.05) is 4.90 Å². The topological polar surface area (TPSA) is 62.1 Å². The van der Waals surface area contributed by atoms with Crippen LogP contribution in [0.15, 0.2) is 10.6 Å². The first-order valence-corrected chi connectivity index (χ1v) is 7.88. The summed E-state index contributed by atoms with van der Waals surface area (Å²) in [5, 5.41) is 3.96. The van der Waals surface area contributed by atoms with Crippen LogP contribution in [0.25, 0.3) is 0 Å². The van der Waals surface area contributed by atoms with Gasteiger partial charge in [-0.1, -0.05) is 5.16 Å². The van der Waals surface area contributed by atoms with Crippen molar-refractivity contribution in [3.63, 3.8) is 0 Å². The van der Waals surface area contributed by atoms with Crippen molar-refractivity contribution in [2.75, 3.05) is 53.0 Å². The van der Waals surface area contributed by atoms with E-state index >= 15 is 0 Å². The molecule has 0 aromatic carbocycles. The smallest absolute Gasteiger partial charge is 0.276 e. The molecule has 7 nitrogen and oxygen atoms in total. The van der Waals surface area contributed by atoms with E-state index in [-0.39, 0.29) is 5.91 Å². The molecule has 1 amide bonds. The number of carbonyl (C=O) groups is 1. The van der Waals surface area contributed by atoms with Crippen LogP contribution in [0.4, 0.5) is 0 Å². The number of aromatic nitrogens is 1. The van der Waals surface area contributed by atoms with Crippen molar-refractivity contribution >= 4 is 5.91 Å². The van der Waals surface area contributed by atoms with Crippen LogP contribution < -0.4 is 0 Å². The number of rotatable bonds is 3. The van der Waals surface area contributed by atoms with Gasteiger partial charge in [0, 0.05) is 44.8 Å². The Kier molecular flexibility index (Phi) is 4.75. The molecule has 1 aromatic heterocycles. The Morgan fingerprint density at radius 2 is 2.09 bits per heavy atom. The number of piperazine rings is 1. The monoisotopic (exact) mass is 308 g/mol. The molecule has 0 aliphatic carbocycles. The van der Waals surface area contributed by atoms with Gasteiger partial charge in [0.25, 0.3) is 5.91 Å². The van der Waals surface area contributed by atoms with Crippen LogP contribution in [-0.2, 0) is 11.3 Å². The van der Waals surface area contributed by atoms with E-state index in [0.29, 0.717) is 18.3 Å². The zero-order chi connectivity index (χ0) is 15.5. The van der Waals surface area contributed by atoms with Crippen molar-refractivity contribution in [1.82, 2.24) is 19.9 Å². The predicted octanol–water partition coefficient (Wildman–Crippen LogP) is 0.283. The Hall–Kier alpha value is -1.44. The number of morpholine rings is 1. The quantitative estimate of drug-likeness (QED) is 0.799. The molecule has 2 fully saturated rings. The van der Waals surface area contributed by atoms with Crippen molar-refractivity contribution in [3.05, 3.63) is 17.5 Å². The fraction of sp³-hybridized carbons (Fsp3) is 0.733. The molecule has 0 spiro atoms. The third kappa shape index (κ3) is 3.48. The third-order valence-corrected chi connectivity index (χ3v) is 4.51. The molecule has 1 atom stereocenters. The fourth-order valence-corrected chi connectivity index (χ4v) is 2.86. The largest absolute Gasteiger partial charge is 0.379 e. The van der Waals surface area contributed by atoms with E-state index in [0.717, 1.165) is 51.7 Å². The normalized spacial score (nSPS) is 24.6. The lowest BCUT2D eigenvalue weighted by Crippen LogP contribution is -2.52. The van der Waals surface area contributed by atoms with Gasteiger partial charge in [-0.05, 0) is 14.0 Å². The van der Waals surface area contributed by atoms with Crippen LogP contribution in [-0.4, -0.2) is 84.8 Å². The first-order chi connectivity index (χ1) is 10.6. The maximum Gasteiger partial charge on any atom is 0.276 e. The zero-order valence-electron chi connectivity index (χ0n) is 13.3. The Morgan fingerprint density at radius 3 is 2.82 bits per heavy atom. The molecule has 1 aromatic rings. The highest BCUT2D eigenvalue weighted by Gasteiger charge is 2.27. The molecule has 3 heterocycles. The molecule has 0 bridgehead atoms. The van der Waals surface area contributed by atoms with Crippen molar-refractivity contribution in [2.24, 2.45) is 0 Å². The summed E-state index contributed by atoms with van der Waals surface area (Å²) >= 11 is 0. The summed E-state index contributed by atoms with van der Waals surface area (Å²) in [5.41, 5.74) is 0.417. The van der Waals surface area contributed by atoms with Crippen LogP contribution in [0.5, 0.6) is 0 Å². The van der Waals surface area contributed by atoms with E-state index in [1.54, 1.807) is 6.07 Å². The SMILES string of the molecule is C[C@@H]1CN(C(=O)c2cc(CN3CCOCC3)on2)CCN1C. The van der Waals surface area contributed by atoms with Gasteiger partial charge in [0.05, 0.1) is 19.8 Å². The lowest BCUT2D eigenvalue weighted by Gasteiger charge is -2.37. The van der Waals surface area contributed by atoms with Crippen LogP contribution >= 0.6 is 0 Å². The van der Waals surface area contributed by atoms with E-state index in [2.05, 4.69) is 28.9 Å². The second-order valence-electron chi connectivity index (χ2n) is 6.15. The molecule has 0 unspecified atom stereocenters. The second kappa shape index (κ2) is 6.76. The molecule has 122 valence electrons. The Bertz CT molecular complexity index is 513. The first-order valence-electron chi connectivity index (χ1n) is 7.88. The Balaban J connectivity index is 1.59. The molecule has 22 heavy (non-hydrogen) atoms. The summed E-state index contributed by atoms with van der Waals surface area (Å²) in [6.07, 6.45) is 0. The highest BCUT2D eigenvalue weighted by atomic mass is 16.5. The minimum Gasteiger partial charge on any atom is -0.379 e. The van der Waals surface area contributed by atoms with Crippen LogP contribution in [0.1, 0.15) is 23.2 Å². The molecular formula is C15H24N4O3. The number of hydrogen-bond acceptors (Lipinski definition) is 6. The fourth-order valence-electron chi connectivity index (χ4n) is 2.86. The minimum atomic E-state index is -0.0306. The summed E-state index contributed by atoms with van der Waals surface area (Å²) < 4.78 is 10.7. The van der Waals surface area contributed by atoms with Gasteiger partial charge in [-0.2, -0.15) is 0 Å². The van der Waals surface area contributed by atoms with Gasteiger partial charge in [0.15, 0.2) is 11.5 Å². The zero-order valence-corrected chi connectivity index (χ0v) is 13.3. The third-order valence-electron chi connectivity index (χ3n) is 4.51. The van der Waals surface area contributed by atoms with Crippen molar-refractivity contribution < 1.29 is 14.1 Å². The summed E-state index contributed by atoms with van der Waals surface area (Å²) in [5.74, 6) is 0.712. The average molecular weight is 308 g/mol. The summed E-state index contributed by atoms with van der Waals surface area (Å²) in [6, 6.07) is 2.15. The van der Waals surface area contributed by atoms with Gasteiger partial charge >= 0.3 is 0 Å². The number of amides is 1. The van der Waals surface area contributed by atoms with E-state index in [9.17, 15) is 4.79 Å². The van der Waals surface area contributed by atoms with Gasteiger partial charge in [-0.25, -0.2) is 0 Å². The maximum atomic E-state index is 12.5. The van der Waals surface area contributed by atoms with E-state index in [4.69, 9.17) is 9.26 Å². The molecule has 2 saturated heterocycles. The lowest BCUT2D eigenvalue weighted by molar-refractivity contribution is 0.0305. The molecule has 7 heteroatoms. The minimum absolute atomic E-state index is 0.0306. The van der Waals surface area contributed by atoms with Crippen molar-refractivity contribution in [1.29, 1.82) is 0 Å². The van der Waals surface area contributed by atoms with Gasteiger partial charge in [0.2, 0.25) is 0 Å². The number of hydrogen-bond donors (Lipinski definition) is 0. The van der Waals surface area contributed by atoms with Gasteiger partial charge < -0.3 is 19.1 Å². The van der Waals surface area contributed by atoms with Crippen molar-refractivity contribution in [2.45, 2.75) is 19.5 Å². The first kappa shape index (κ1) is 15.5.